The van der Waals surface area contributed by atoms with Crippen LogP contribution < -0.4 is 5.32 Å². The molecule has 1 aliphatic heterocycles. The van der Waals surface area contributed by atoms with E-state index in [1.54, 1.807) is 0 Å². The molecular formula is C13H27N3O. The first kappa shape index (κ1) is 14.5. The van der Waals surface area contributed by atoms with Crippen molar-refractivity contribution in [1.29, 1.82) is 0 Å². The number of likely N-dealkylation sites (tertiary alicyclic amines) is 1. The first-order chi connectivity index (χ1) is 8.02. The highest BCUT2D eigenvalue weighted by Gasteiger charge is 2.27. The highest BCUT2D eigenvalue weighted by atomic mass is 16.2. The molecule has 1 heterocycles. The topological polar surface area (TPSA) is 35.6 Å². The van der Waals surface area contributed by atoms with E-state index in [0.717, 1.165) is 32.5 Å². The number of amides is 1. The lowest BCUT2D eigenvalue weighted by Gasteiger charge is -2.20. The SMILES string of the molecule is CC(C)N(C)CCCCNC1CCN(C)C1=O. The second-order valence-electron chi connectivity index (χ2n) is 5.34. The van der Waals surface area contributed by atoms with Gasteiger partial charge in [0, 0.05) is 19.6 Å². The van der Waals surface area contributed by atoms with Crippen LogP contribution in [0.3, 0.4) is 0 Å². The molecule has 4 nitrogen and oxygen atoms in total. The lowest BCUT2D eigenvalue weighted by Crippen LogP contribution is -2.37. The minimum atomic E-state index is 0.0721. The summed E-state index contributed by atoms with van der Waals surface area (Å²) in [5, 5.41) is 3.36. The lowest BCUT2D eigenvalue weighted by atomic mass is 10.2. The Kier molecular flexibility index (Phi) is 5.92. The van der Waals surface area contributed by atoms with Gasteiger partial charge in [-0.3, -0.25) is 4.79 Å². The zero-order valence-electron chi connectivity index (χ0n) is 11.7. The maximum Gasteiger partial charge on any atom is 0.239 e. The largest absolute Gasteiger partial charge is 0.344 e. The third-order valence-electron chi connectivity index (χ3n) is 3.64. The summed E-state index contributed by atoms with van der Waals surface area (Å²) in [4.78, 5) is 15.8. The number of hydrogen-bond acceptors (Lipinski definition) is 3. The summed E-state index contributed by atoms with van der Waals surface area (Å²) in [6.45, 7) is 7.41. The minimum Gasteiger partial charge on any atom is -0.344 e. The van der Waals surface area contributed by atoms with Gasteiger partial charge in [-0.15, -0.1) is 0 Å². The Balaban J connectivity index is 2.03. The fourth-order valence-electron chi connectivity index (χ4n) is 2.03. The summed E-state index contributed by atoms with van der Waals surface area (Å²) < 4.78 is 0. The van der Waals surface area contributed by atoms with Crippen LogP contribution in [0, 0.1) is 0 Å². The molecule has 0 bridgehead atoms. The highest BCUT2D eigenvalue weighted by Crippen LogP contribution is 2.08. The van der Waals surface area contributed by atoms with E-state index in [1.165, 1.54) is 6.42 Å². The van der Waals surface area contributed by atoms with E-state index >= 15 is 0 Å². The number of carbonyl (C=O) groups excluding carboxylic acids is 1. The molecule has 1 rings (SSSR count). The molecule has 1 fully saturated rings. The Morgan fingerprint density at radius 3 is 2.71 bits per heavy atom. The van der Waals surface area contributed by atoms with Crippen LogP contribution in [0.1, 0.15) is 33.1 Å². The Labute approximate surface area is 105 Å². The fraction of sp³-hybridized carbons (Fsp3) is 0.923. The van der Waals surface area contributed by atoms with Gasteiger partial charge in [0.1, 0.15) is 0 Å². The van der Waals surface area contributed by atoms with Crippen molar-refractivity contribution < 1.29 is 4.79 Å². The monoisotopic (exact) mass is 241 g/mol. The standard InChI is InChI=1S/C13H27N3O/c1-11(2)15(3)9-6-5-8-14-12-7-10-16(4)13(12)17/h11-12,14H,5-10H2,1-4H3. The fourth-order valence-corrected chi connectivity index (χ4v) is 2.03. The molecule has 1 amide bonds. The molecule has 1 aliphatic rings. The van der Waals surface area contributed by atoms with Crippen LogP contribution in [0.5, 0.6) is 0 Å². The Hall–Kier alpha value is -0.610. The van der Waals surface area contributed by atoms with Gasteiger partial charge in [0.2, 0.25) is 5.91 Å². The van der Waals surface area contributed by atoms with E-state index < -0.39 is 0 Å². The Bertz CT molecular complexity index is 243. The van der Waals surface area contributed by atoms with Crippen LogP contribution in [0.2, 0.25) is 0 Å². The van der Waals surface area contributed by atoms with Crippen molar-refractivity contribution >= 4 is 5.91 Å². The molecule has 0 spiro atoms. The smallest absolute Gasteiger partial charge is 0.239 e. The van der Waals surface area contributed by atoms with Crippen molar-refractivity contribution in [2.45, 2.75) is 45.2 Å². The number of rotatable bonds is 7. The zero-order chi connectivity index (χ0) is 12.8. The van der Waals surface area contributed by atoms with Crippen molar-refractivity contribution in [3.05, 3.63) is 0 Å². The second-order valence-corrected chi connectivity index (χ2v) is 5.34. The lowest BCUT2D eigenvalue weighted by molar-refractivity contribution is -0.128. The number of carbonyl (C=O) groups is 1. The van der Waals surface area contributed by atoms with Gasteiger partial charge in [0.05, 0.1) is 6.04 Å². The highest BCUT2D eigenvalue weighted by molar-refractivity contribution is 5.83. The molecule has 17 heavy (non-hydrogen) atoms. The molecule has 1 saturated heterocycles. The number of nitrogens with zero attached hydrogens (tertiary/aromatic N) is 2. The van der Waals surface area contributed by atoms with Crippen LogP contribution in [0.4, 0.5) is 0 Å². The molecule has 0 aromatic heterocycles. The van der Waals surface area contributed by atoms with Gasteiger partial charge in [0.15, 0.2) is 0 Å². The molecular weight excluding hydrogens is 214 g/mol. The van der Waals surface area contributed by atoms with E-state index in [-0.39, 0.29) is 11.9 Å². The van der Waals surface area contributed by atoms with Crippen LogP contribution in [-0.2, 0) is 4.79 Å². The van der Waals surface area contributed by atoms with Gasteiger partial charge >= 0.3 is 0 Å². The van der Waals surface area contributed by atoms with Crippen molar-refractivity contribution in [1.82, 2.24) is 15.1 Å². The maximum absolute atomic E-state index is 11.6. The molecule has 0 aromatic carbocycles. The number of unbranched alkanes of at least 4 members (excludes halogenated alkanes) is 1. The average Bonchev–Trinajstić information content (AvgIpc) is 2.59. The van der Waals surface area contributed by atoms with E-state index in [4.69, 9.17) is 0 Å². The molecule has 1 atom stereocenters. The van der Waals surface area contributed by atoms with Crippen molar-refractivity contribution in [3.63, 3.8) is 0 Å². The van der Waals surface area contributed by atoms with Gasteiger partial charge in [-0.2, -0.15) is 0 Å². The second kappa shape index (κ2) is 6.97. The third kappa shape index (κ3) is 4.64. The maximum atomic E-state index is 11.6. The van der Waals surface area contributed by atoms with E-state index in [9.17, 15) is 4.79 Å². The minimum absolute atomic E-state index is 0.0721. The quantitative estimate of drug-likeness (QED) is 0.674. The first-order valence-corrected chi connectivity index (χ1v) is 6.71. The zero-order valence-corrected chi connectivity index (χ0v) is 11.7. The van der Waals surface area contributed by atoms with Crippen LogP contribution >= 0.6 is 0 Å². The summed E-state index contributed by atoms with van der Waals surface area (Å²) >= 11 is 0. The molecule has 0 aromatic rings. The van der Waals surface area contributed by atoms with E-state index in [0.29, 0.717) is 6.04 Å². The summed E-state index contributed by atoms with van der Waals surface area (Å²) in [5.74, 6) is 0.254. The third-order valence-corrected chi connectivity index (χ3v) is 3.64. The van der Waals surface area contributed by atoms with Crippen LogP contribution in [-0.4, -0.2) is 61.5 Å². The number of likely N-dealkylation sites (N-methyl/N-ethyl adjacent to an activating group) is 1. The molecule has 0 aliphatic carbocycles. The van der Waals surface area contributed by atoms with Crippen molar-refractivity contribution in [2.75, 3.05) is 33.7 Å². The molecule has 4 heteroatoms. The van der Waals surface area contributed by atoms with Crippen LogP contribution in [0.25, 0.3) is 0 Å². The molecule has 0 radical (unpaired) electrons. The predicted octanol–water partition coefficient (Wildman–Crippen LogP) is 0.927. The molecule has 1 N–H and O–H groups in total. The summed E-state index contributed by atoms with van der Waals surface area (Å²) in [6, 6.07) is 0.691. The number of hydrogen-bond donors (Lipinski definition) is 1. The van der Waals surface area contributed by atoms with E-state index in [1.807, 2.05) is 11.9 Å². The Morgan fingerprint density at radius 2 is 2.18 bits per heavy atom. The van der Waals surface area contributed by atoms with Crippen molar-refractivity contribution in [2.24, 2.45) is 0 Å². The summed E-state index contributed by atoms with van der Waals surface area (Å²) in [5.41, 5.74) is 0. The number of nitrogens with one attached hydrogen (secondary N) is 1. The normalized spacial score (nSPS) is 20.9. The molecule has 100 valence electrons. The van der Waals surface area contributed by atoms with Gasteiger partial charge < -0.3 is 15.1 Å². The Morgan fingerprint density at radius 1 is 1.47 bits per heavy atom. The first-order valence-electron chi connectivity index (χ1n) is 6.71. The van der Waals surface area contributed by atoms with Crippen LogP contribution in [0.15, 0.2) is 0 Å². The van der Waals surface area contributed by atoms with Gasteiger partial charge in [0.25, 0.3) is 0 Å². The molecule has 0 saturated carbocycles. The average molecular weight is 241 g/mol. The van der Waals surface area contributed by atoms with Gasteiger partial charge in [-0.25, -0.2) is 0 Å². The molecule has 1 unspecified atom stereocenters. The van der Waals surface area contributed by atoms with Gasteiger partial charge in [-0.1, -0.05) is 0 Å². The summed E-state index contributed by atoms with van der Waals surface area (Å²) in [7, 11) is 4.04. The van der Waals surface area contributed by atoms with Gasteiger partial charge in [-0.05, 0) is 53.2 Å². The summed E-state index contributed by atoms with van der Waals surface area (Å²) in [6.07, 6.45) is 3.30. The van der Waals surface area contributed by atoms with Crippen molar-refractivity contribution in [3.8, 4) is 0 Å². The predicted molar refractivity (Wildman–Crippen MR) is 71.0 cm³/mol. The van der Waals surface area contributed by atoms with E-state index in [2.05, 4.69) is 31.1 Å².